The Morgan fingerprint density at radius 3 is 2.73 bits per heavy atom. The van der Waals surface area contributed by atoms with Crippen molar-refractivity contribution in [2.75, 3.05) is 31.1 Å². The summed E-state index contributed by atoms with van der Waals surface area (Å²) in [6.45, 7) is 6.82. The number of hydrogen-bond acceptors (Lipinski definition) is 6. The van der Waals surface area contributed by atoms with Crippen LogP contribution in [0.15, 0.2) is 30.9 Å². The Labute approximate surface area is 151 Å². The highest BCUT2D eigenvalue weighted by molar-refractivity contribution is 5.80. The van der Waals surface area contributed by atoms with Crippen LogP contribution in [-0.2, 0) is 4.79 Å². The highest BCUT2D eigenvalue weighted by Gasteiger charge is 2.28. The molecular weight excluding hydrogens is 332 g/mol. The predicted octanol–water partition coefficient (Wildman–Crippen LogP) is 0.929. The molecule has 1 amide bonds. The Morgan fingerprint density at radius 2 is 2.04 bits per heavy atom. The summed E-state index contributed by atoms with van der Waals surface area (Å²) in [5.74, 6) is 1.70. The normalized spacial score (nSPS) is 16.2. The number of aromatic nitrogens is 6. The molecule has 3 aromatic heterocycles. The van der Waals surface area contributed by atoms with Crippen molar-refractivity contribution in [2.45, 2.75) is 26.3 Å². The molecule has 136 valence electrons. The van der Waals surface area contributed by atoms with E-state index in [9.17, 15) is 4.79 Å². The van der Waals surface area contributed by atoms with Gasteiger partial charge in [-0.15, -0.1) is 0 Å². The van der Waals surface area contributed by atoms with Crippen molar-refractivity contribution in [1.29, 1.82) is 0 Å². The van der Waals surface area contributed by atoms with Gasteiger partial charge in [-0.1, -0.05) is 6.92 Å². The maximum atomic E-state index is 12.9. The Kier molecular flexibility index (Phi) is 4.27. The lowest BCUT2D eigenvalue weighted by Gasteiger charge is -2.37. The van der Waals surface area contributed by atoms with E-state index in [1.807, 2.05) is 37.1 Å². The summed E-state index contributed by atoms with van der Waals surface area (Å²) in [6.07, 6.45) is 5.80. The third kappa shape index (κ3) is 2.89. The highest BCUT2D eigenvalue weighted by atomic mass is 16.2. The lowest BCUT2D eigenvalue weighted by Crippen LogP contribution is -2.51. The molecule has 1 aliphatic rings. The molecule has 4 rings (SSSR count). The quantitative estimate of drug-likeness (QED) is 0.693. The van der Waals surface area contributed by atoms with Crippen LogP contribution < -0.4 is 4.90 Å². The fourth-order valence-electron chi connectivity index (χ4n) is 3.44. The smallest absolute Gasteiger partial charge is 0.254 e. The number of piperazine rings is 1. The zero-order chi connectivity index (χ0) is 18.1. The molecule has 1 atom stereocenters. The molecule has 26 heavy (non-hydrogen) atoms. The molecule has 0 radical (unpaired) electrons. The molecule has 0 aromatic carbocycles. The van der Waals surface area contributed by atoms with E-state index < -0.39 is 0 Å². The Hall–Kier alpha value is -2.97. The molecule has 0 saturated carbocycles. The SMILES string of the molecule is CCC(C(=O)N1CCN(c2cc(C)nc3ncnn23)CC1)n1cccn1. The fourth-order valence-corrected chi connectivity index (χ4v) is 3.44. The van der Waals surface area contributed by atoms with Crippen molar-refractivity contribution in [3.8, 4) is 0 Å². The molecular formula is C17H22N8O. The molecule has 4 heterocycles. The van der Waals surface area contributed by atoms with Crippen molar-refractivity contribution < 1.29 is 4.79 Å². The number of aryl methyl sites for hydroxylation is 1. The van der Waals surface area contributed by atoms with Gasteiger partial charge in [-0.2, -0.15) is 19.7 Å². The zero-order valence-corrected chi connectivity index (χ0v) is 15.0. The summed E-state index contributed by atoms with van der Waals surface area (Å²) >= 11 is 0. The van der Waals surface area contributed by atoms with E-state index in [-0.39, 0.29) is 11.9 Å². The van der Waals surface area contributed by atoms with E-state index in [1.165, 1.54) is 6.33 Å². The van der Waals surface area contributed by atoms with Crippen LogP contribution in [-0.4, -0.2) is 66.3 Å². The van der Waals surface area contributed by atoms with Crippen LogP contribution in [0.1, 0.15) is 25.1 Å². The van der Waals surface area contributed by atoms with Gasteiger partial charge in [-0.25, -0.2) is 4.98 Å². The van der Waals surface area contributed by atoms with Crippen LogP contribution in [0.4, 0.5) is 5.82 Å². The minimum absolute atomic E-state index is 0.132. The number of fused-ring (bicyclic) bond motifs is 1. The average Bonchev–Trinajstić information content (AvgIpc) is 3.33. The summed E-state index contributed by atoms with van der Waals surface area (Å²) in [4.78, 5) is 25.6. The van der Waals surface area contributed by atoms with Gasteiger partial charge in [-0.05, 0) is 19.4 Å². The Morgan fingerprint density at radius 1 is 1.23 bits per heavy atom. The molecule has 3 aromatic rings. The summed E-state index contributed by atoms with van der Waals surface area (Å²) < 4.78 is 3.50. The highest BCUT2D eigenvalue weighted by Crippen LogP contribution is 2.20. The first kappa shape index (κ1) is 16.5. The maximum absolute atomic E-state index is 12.9. The molecule has 9 heteroatoms. The molecule has 0 bridgehead atoms. The maximum Gasteiger partial charge on any atom is 0.254 e. The van der Waals surface area contributed by atoms with Gasteiger partial charge in [0.1, 0.15) is 18.2 Å². The molecule has 1 fully saturated rings. The molecule has 1 unspecified atom stereocenters. The first-order valence-corrected chi connectivity index (χ1v) is 8.87. The van der Waals surface area contributed by atoms with E-state index in [2.05, 4.69) is 25.1 Å². The van der Waals surface area contributed by atoms with Gasteiger partial charge in [0.05, 0.1) is 0 Å². The summed E-state index contributed by atoms with van der Waals surface area (Å²) in [7, 11) is 0. The van der Waals surface area contributed by atoms with Crippen molar-refractivity contribution in [3.05, 3.63) is 36.5 Å². The molecule has 9 nitrogen and oxygen atoms in total. The van der Waals surface area contributed by atoms with Gasteiger partial charge in [0, 0.05) is 50.3 Å². The van der Waals surface area contributed by atoms with Gasteiger partial charge >= 0.3 is 0 Å². The second-order valence-corrected chi connectivity index (χ2v) is 6.45. The number of anilines is 1. The van der Waals surface area contributed by atoms with Crippen molar-refractivity contribution in [1.82, 2.24) is 34.3 Å². The monoisotopic (exact) mass is 354 g/mol. The molecule has 1 aliphatic heterocycles. The number of carbonyl (C=O) groups excluding carboxylic acids is 1. The topological polar surface area (TPSA) is 84.5 Å². The second-order valence-electron chi connectivity index (χ2n) is 6.45. The van der Waals surface area contributed by atoms with Gasteiger partial charge in [0.25, 0.3) is 5.78 Å². The second kappa shape index (κ2) is 6.74. The van der Waals surface area contributed by atoms with Crippen LogP contribution in [0.3, 0.4) is 0 Å². The standard InChI is InChI=1S/C17H22N8O/c1-3-14(24-6-4-5-19-24)16(26)23-9-7-22(8-10-23)15-11-13(2)21-17-18-12-20-25(15)17/h4-6,11-12,14H,3,7-10H2,1-2H3. The van der Waals surface area contributed by atoms with Crippen LogP contribution in [0, 0.1) is 6.92 Å². The van der Waals surface area contributed by atoms with Crippen LogP contribution in [0.2, 0.25) is 0 Å². The van der Waals surface area contributed by atoms with Crippen LogP contribution in [0.5, 0.6) is 0 Å². The van der Waals surface area contributed by atoms with E-state index in [0.29, 0.717) is 18.9 Å². The van der Waals surface area contributed by atoms with Crippen LogP contribution in [0.25, 0.3) is 5.78 Å². The number of rotatable bonds is 4. The molecule has 0 spiro atoms. The lowest BCUT2D eigenvalue weighted by atomic mass is 10.1. The van der Waals surface area contributed by atoms with E-state index in [0.717, 1.165) is 31.0 Å². The van der Waals surface area contributed by atoms with Gasteiger partial charge in [-0.3, -0.25) is 9.48 Å². The Bertz CT molecular complexity index is 895. The summed E-state index contributed by atoms with van der Waals surface area (Å²) in [5.41, 5.74) is 0.906. The molecule has 0 aliphatic carbocycles. The molecule has 0 N–H and O–H groups in total. The third-order valence-electron chi connectivity index (χ3n) is 4.79. The third-order valence-corrected chi connectivity index (χ3v) is 4.79. The minimum Gasteiger partial charge on any atom is -0.353 e. The van der Waals surface area contributed by atoms with E-state index in [4.69, 9.17) is 0 Å². The number of amides is 1. The minimum atomic E-state index is -0.234. The zero-order valence-electron chi connectivity index (χ0n) is 15.0. The lowest BCUT2D eigenvalue weighted by molar-refractivity contribution is -0.135. The van der Waals surface area contributed by atoms with E-state index in [1.54, 1.807) is 15.4 Å². The largest absolute Gasteiger partial charge is 0.353 e. The van der Waals surface area contributed by atoms with Gasteiger partial charge in [0.15, 0.2) is 0 Å². The predicted molar refractivity (Wildman–Crippen MR) is 95.9 cm³/mol. The number of carbonyl (C=O) groups is 1. The van der Waals surface area contributed by atoms with Crippen molar-refractivity contribution in [3.63, 3.8) is 0 Å². The number of hydrogen-bond donors (Lipinski definition) is 0. The fraction of sp³-hybridized carbons (Fsp3) is 0.471. The Balaban J connectivity index is 1.48. The van der Waals surface area contributed by atoms with Gasteiger partial charge < -0.3 is 9.80 Å². The summed E-state index contributed by atoms with van der Waals surface area (Å²) in [5, 5.41) is 8.51. The molecule has 1 saturated heterocycles. The van der Waals surface area contributed by atoms with Crippen molar-refractivity contribution >= 4 is 17.5 Å². The first-order chi connectivity index (χ1) is 12.7. The van der Waals surface area contributed by atoms with Gasteiger partial charge in [0.2, 0.25) is 5.91 Å². The summed E-state index contributed by atoms with van der Waals surface area (Å²) in [6, 6.07) is 3.63. The first-order valence-electron chi connectivity index (χ1n) is 8.87. The number of nitrogens with zero attached hydrogens (tertiary/aromatic N) is 8. The van der Waals surface area contributed by atoms with Crippen molar-refractivity contribution in [2.24, 2.45) is 0 Å². The van der Waals surface area contributed by atoms with Crippen LogP contribution >= 0.6 is 0 Å². The average molecular weight is 354 g/mol. The van der Waals surface area contributed by atoms with E-state index >= 15 is 0 Å².